The molecule has 1 aromatic heterocycles. The molecule has 2 aromatic rings. The lowest BCUT2D eigenvalue weighted by molar-refractivity contribution is -0.118. The number of nitrogens with zero attached hydrogens (tertiary/aromatic N) is 3. The molecule has 0 spiro atoms. The highest BCUT2D eigenvalue weighted by Crippen LogP contribution is 2.13. The molecule has 1 heterocycles. The molecule has 0 atom stereocenters. The van der Waals surface area contributed by atoms with Crippen molar-refractivity contribution in [3.63, 3.8) is 0 Å². The van der Waals surface area contributed by atoms with E-state index in [-0.39, 0.29) is 11.7 Å². The summed E-state index contributed by atoms with van der Waals surface area (Å²) < 4.78 is 1.37. The second-order valence-electron chi connectivity index (χ2n) is 3.95. The summed E-state index contributed by atoms with van der Waals surface area (Å²) in [7, 11) is 0. The number of aromatic nitrogens is 3. The molecule has 7 heteroatoms. The number of carbonyl (C=O) groups excluding carboxylic acids is 1. The van der Waals surface area contributed by atoms with Gasteiger partial charge in [0.1, 0.15) is 5.82 Å². The zero-order valence-electron chi connectivity index (χ0n) is 10.5. The fourth-order valence-corrected chi connectivity index (χ4v) is 2.16. The number of aryl methyl sites for hydroxylation is 1. The standard InChI is InChI=1S/C12H15N5OS/c1-9-15-16-12(17(9)13)19-8-11(18)14-7-10-5-3-2-4-6-10/h2-6H,7-8,13H2,1H3,(H,14,18). The fraction of sp³-hybridized carbons (Fsp3) is 0.250. The van der Waals surface area contributed by atoms with Gasteiger partial charge in [0.15, 0.2) is 0 Å². The third kappa shape index (κ3) is 3.72. The smallest absolute Gasteiger partial charge is 0.230 e. The van der Waals surface area contributed by atoms with Crippen LogP contribution in [-0.4, -0.2) is 26.5 Å². The van der Waals surface area contributed by atoms with Crippen LogP contribution in [0.3, 0.4) is 0 Å². The molecule has 1 aromatic carbocycles. The summed E-state index contributed by atoms with van der Waals surface area (Å²) in [5.41, 5.74) is 1.07. The third-order valence-corrected chi connectivity index (χ3v) is 3.44. The molecule has 0 aliphatic heterocycles. The van der Waals surface area contributed by atoms with Gasteiger partial charge in [-0.15, -0.1) is 10.2 Å². The van der Waals surface area contributed by atoms with Crippen LogP contribution in [-0.2, 0) is 11.3 Å². The summed E-state index contributed by atoms with van der Waals surface area (Å²) in [5, 5.41) is 11.1. The number of rotatable bonds is 5. The van der Waals surface area contributed by atoms with Crippen LogP contribution >= 0.6 is 11.8 Å². The molecule has 0 saturated heterocycles. The maximum Gasteiger partial charge on any atom is 0.230 e. The highest BCUT2D eigenvalue weighted by molar-refractivity contribution is 7.99. The van der Waals surface area contributed by atoms with Gasteiger partial charge < -0.3 is 11.2 Å². The van der Waals surface area contributed by atoms with E-state index in [2.05, 4.69) is 15.5 Å². The molecule has 6 nitrogen and oxygen atoms in total. The number of carbonyl (C=O) groups is 1. The summed E-state index contributed by atoms with van der Waals surface area (Å²) in [6, 6.07) is 9.75. The monoisotopic (exact) mass is 277 g/mol. The molecule has 3 N–H and O–H groups in total. The maximum atomic E-state index is 11.7. The Hall–Kier alpha value is -2.02. The van der Waals surface area contributed by atoms with Crippen molar-refractivity contribution in [3.8, 4) is 0 Å². The lowest BCUT2D eigenvalue weighted by atomic mass is 10.2. The van der Waals surface area contributed by atoms with Gasteiger partial charge in [0, 0.05) is 6.54 Å². The lowest BCUT2D eigenvalue weighted by Gasteiger charge is -2.05. The molecule has 0 saturated carbocycles. The minimum absolute atomic E-state index is 0.0606. The number of benzene rings is 1. The lowest BCUT2D eigenvalue weighted by Crippen LogP contribution is -2.25. The van der Waals surface area contributed by atoms with E-state index in [1.165, 1.54) is 16.4 Å². The minimum Gasteiger partial charge on any atom is -0.351 e. The van der Waals surface area contributed by atoms with Crippen LogP contribution in [0.4, 0.5) is 0 Å². The fourth-order valence-electron chi connectivity index (χ4n) is 1.43. The van der Waals surface area contributed by atoms with Crippen LogP contribution in [0.2, 0.25) is 0 Å². The summed E-state index contributed by atoms with van der Waals surface area (Å²) in [5.74, 6) is 6.52. The van der Waals surface area contributed by atoms with Gasteiger partial charge >= 0.3 is 0 Å². The van der Waals surface area contributed by atoms with E-state index in [0.717, 1.165) is 5.56 Å². The molecule has 1 amide bonds. The number of hydrogen-bond acceptors (Lipinski definition) is 5. The number of amides is 1. The van der Waals surface area contributed by atoms with Crippen molar-refractivity contribution in [3.05, 3.63) is 41.7 Å². The first kappa shape index (κ1) is 13.4. The molecule has 0 aliphatic rings. The van der Waals surface area contributed by atoms with E-state index in [9.17, 15) is 4.79 Å². The number of nitrogen functional groups attached to an aromatic ring is 1. The van der Waals surface area contributed by atoms with Crippen molar-refractivity contribution >= 4 is 17.7 Å². The van der Waals surface area contributed by atoms with E-state index in [4.69, 9.17) is 5.84 Å². The van der Waals surface area contributed by atoms with Gasteiger partial charge in [0.2, 0.25) is 11.1 Å². The normalized spacial score (nSPS) is 10.4. The Morgan fingerprint density at radius 3 is 2.74 bits per heavy atom. The predicted octanol–water partition coefficient (Wildman–Crippen LogP) is 0.709. The van der Waals surface area contributed by atoms with Gasteiger partial charge in [-0.2, -0.15) is 0 Å². The Labute approximate surface area is 115 Å². The van der Waals surface area contributed by atoms with Crippen molar-refractivity contribution in [1.82, 2.24) is 20.2 Å². The summed E-state index contributed by atoms with van der Waals surface area (Å²) >= 11 is 1.26. The largest absolute Gasteiger partial charge is 0.351 e. The second-order valence-corrected chi connectivity index (χ2v) is 4.89. The van der Waals surface area contributed by atoms with Crippen LogP contribution in [0, 0.1) is 6.92 Å². The summed E-state index contributed by atoms with van der Waals surface area (Å²) in [6.07, 6.45) is 0. The molecular formula is C12H15N5OS. The highest BCUT2D eigenvalue weighted by Gasteiger charge is 2.09. The molecule has 0 fully saturated rings. The molecule has 0 unspecified atom stereocenters. The van der Waals surface area contributed by atoms with Gasteiger partial charge in [0.25, 0.3) is 0 Å². The van der Waals surface area contributed by atoms with E-state index in [0.29, 0.717) is 17.5 Å². The van der Waals surface area contributed by atoms with Crippen LogP contribution < -0.4 is 11.2 Å². The van der Waals surface area contributed by atoms with Gasteiger partial charge in [0.05, 0.1) is 5.75 Å². The van der Waals surface area contributed by atoms with Crippen molar-refractivity contribution in [2.45, 2.75) is 18.6 Å². The molecule has 0 aliphatic carbocycles. The summed E-state index contributed by atoms with van der Waals surface area (Å²) in [6.45, 7) is 2.28. The van der Waals surface area contributed by atoms with Crippen molar-refractivity contribution in [1.29, 1.82) is 0 Å². The number of nitrogens with one attached hydrogen (secondary N) is 1. The topological polar surface area (TPSA) is 85.8 Å². The van der Waals surface area contributed by atoms with Crippen LogP contribution in [0.25, 0.3) is 0 Å². The molecule has 19 heavy (non-hydrogen) atoms. The van der Waals surface area contributed by atoms with E-state index < -0.39 is 0 Å². The van der Waals surface area contributed by atoms with Gasteiger partial charge in [-0.25, -0.2) is 4.68 Å². The Morgan fingerprint density at radius 1 is 1.37 bits per heavy atom. The first-order valence-corrected chi connectivity index (χ1v) is 6.76. The van der Waals surface area contributed by atoms with Gasteiger partial charge in [-0.05, 0) is 12.5 Å². The van der Waals surface area contributed by atoms with Crippen LogP contribution in [0.1, 0.15) is 11.4 Å². The van der Waals surface area contributed by atoms with E-state index >= 15 is 0 Å². The molecule has 100 valence electrons. The van der Waals surface area contributed by atoms with Crippen molar-refractivity contribution < 1.29 is 4.79 Å². The average Bonchev–Trinajstić information content (AvgIpc) is 2.75. The minimum atomic E-state index is -0.0606. The Morgan fingerprint density at radius 2 is 2.11 bits per heavy atom. The zero-order valence-corrected chi connectivity index (χ0v) is 11.4. The second kappa shape index (κ2) is 6.24. The SMILES string of the molecule is Cc1nnc(SCC(=O)NCc2ccccc2)n1N. The molecule has 0 radical (unpaired) electrons. The van der Waals surface area contributed by atoms with E-state index in [1.54, 1.807) is 6.92 Å². The maximum absolute atomic E-state index is 11.7. The van der Waals surface area contributed by atoms with Gasteiger partial charge in [-0.1, -0.05) is 42.1 Å². The quantitative estimate of drug-likeness (QED) is 0.621. The number of nitrogens with two attached hydrogens (primary N) is 1. The van der Waals surface area contributed by atoms with Crippen molar-refractivity contribution in [2.24, 2.45) is 0 Å². The average molecular weight is 277 g/mol. The van der Waals surface area contributed by atoms with Crippen LogP contribution in [0.15, 0.2) is 35.5 Å². The zero-order chi connectivity index (χ0) is 13.7. The Bertz CT molecular complexity index is 555. The first-order chi connectivity index (χ1) is 9.16. The van der Waals surface area contributed by atoms with Gasteiger partial charge in [-0.3, -0.25) is 4.79 Å². The summed E-state index contributed by atoms with van der Waals surface area (Å²) in [4.78, 5) is 11.7. The van der Waals surface area contributed by atoms with Crippen molar-refractivity contribution in [2.75, 3.05) is 11.6 Å². The Kier molecular flexibility index (Phi) is 4.40. The molecule has 0 bridgehead atoms. The highest BCUT2D eigenvalue weighted by atomic mass is 32.2. The Balaban J connectivity index is 1.78. The molecule has 2 rings (SSSR count). The van der Waals surface area contributed by atoms with E-state index in [1.807, 2.05) is 30.3 Å². The number of hydrogen-bond donors (Lipinski definition) is 2. The third-order valence-electron chi connectivity index (χ3n) is 2.50. The molecular weight excluding hydrogens is 262 g/mol. The van der Waals surface area contributed by atoms with Crippen LogP contribution in [0.5, 0.6) is 0 Å². The predicted molar refractivity (Wildman–Crippen MR) is 73.9 cm³/mol. The first-order valence-electron chi connectivity index (χ1n) is 5.77. The number of thioether (sulfide) groups is 1.